The van der Waals surface area contributed by atoms with Gasteiger partial charge in [0.2, 0.25) is 0 Å². The summed E-state index contributed by atoms with van der Waals surface area (Å²) in [5.41, 5.74) is -1.28. The summed E-state index contributed by atoms with van der Waals surface area (Å²) in [4.78, 5) is 15.3. The van der Waals surface area contributed by atoms with Crippen molar-refractivity contribution in [3.63, 3.8) is 0 Å². The van der Waals surface area contributed by atoms with E-state index in [4.69, 9.17) is 0 Å². The Hall–Kier alpha value is -2.37. The lowest BCUT2D eigenvalue weighted by molar-refractivity contribution is -0.138. The van der Waals surface area contributed by atoms with Gasteiger partial charge in [0.05, 0.1) is 5.56 Å². The summed E-state index contributed by atoms with van der Waals surface area (Å²) in [7, 11) is 0. The van der Waals surface area contributed by atoms with Crippen LogP contribution in [0.2, 0.25) is 0 Å². The van der Waals surface area contributed by atoms with Gasteiger partial charge in [-0.15, -0.1) is 0 Å². The quantitative estimate of drug-likeness (QED) is 0.905. The van der Waals surface area contributed by atoms with E-state index < -0.39 is 23.3 Å². The maximum Gasteiger partial charge on any atom is 0.418 e. The molecule has 0 saturated heterocycles. The number of aromatic nitrogens is 1. The van der Waals surface area contributed by atoms with E-state index in [0.717, 1.165) is 18.3 Å². The number of halogens is 3. The number of pyridine rings is 1. The van der Waals surface area contributed by atoms with E-state index >= 15 is 0 Å². The molecule has 98 valence electrons. The first-order chi connectivity index (χ1) is 8.98. The molecule has 1 aromatic heterocycles. The van der Waals surface area contributed by atoms with Gasteiger partial charge in [0.25, 0.3) is 5.91 Å². The highest BCUT2D eigenvalue weighted by Gasteiger charge is 2.35. The number of anilines is 1. The maximum absolute atomic E-state index is 12.7. The van der Waals surface area contributed by atoms with Gasteiger partial charge in [0.1, 0.15) is 5.69 Å². The largest absolute Gasteiger partial charge is 0.418 e. The zero-order valence-electron chi connectivity index (χ0n) is 9.61. The van der Waals surface area contributed by atoms with Gasteiger partial charge in [-0.3, -0.25) is 9.78 Å². The highest BCUT2D eigenvalue weighted by molar-refractivity contribution is 6.03. The van der Waals surface area contributed by atoms with E-state index in [1.807, 2.05) is 0 Å². The summed E-state index contributed by atoms with van der Waals surface area (Å²) in [5, 5.41) is 2.37. The van der Waals surface area contributed by atoms with E-state index in [1.54, 1.807) is 30.3 Å². The number of carbonyl (C=O) groups is 1. The first-order valence-corrected chi connectivity index (χ1v) is 5.37. The van der Waals surface area contributed by atoms with Gasteiger partial charge in [-0.25, -0.2) is 0 Å². The molecule has 0 saturated carbocycles. The molecule has 19 heavy (non-hydrogen) atoms. The minimum Gasteiger partial charge on any atom is -0.321 e. The minimum absolute atomic E-state index is 0.409. The lowest BCUT2D eigenvalue weighted by atomic mass is 10.1. The van der Waals surface area contributed by atoms with Crippen LogP contribution >= 0.6 is 0 Å². The maximum atomic E-state index is 12.7. The first kappa shape index (κ1) is 13.1. The molecule has 0 radical (unpaired) electrons. The van der Waals surface area contributed by atoms with Crippen LogP contribution in [0.1, 0.15) is 16.1 Å². The van der Waals surface area contributed by atoms with Crippen LogP contribution < -0.4 is 5.32 Å². The molecule has 0 aliphatic carbocycles. The van der Waals surface area contributed by atoms with E-state index in [9.17, 15) is 18.0 Å². The van der Waals surface area contributed by atoms with Gasteiger partial charge in [-0.2, -0.15) is 13.2 Å². The topological polar surface area (TPSA) is 42.0 Å². The van der Waals surface area contributed by atoms with E-state index in [0.29, 0.717) is 5.69 Å². The van der Waals surface area contributed by atoms with Crippen LogP contribution in [-0.2, 0) is 6.18 Å². The Morgan fingerprint density at radius 3 is 2.37 bits per heavy atom. The Bertz CT molecular complexity index is 582. The molecule has 0 atom stereocenters. The van der Waals surface area contributed by atoms with Crippen LogP contribution in [0.3, 0.4) is 0 Å². The van der Waals surface area contributed by atoms with Gasteiger partial charge in [0, 0.05) is 11.9 Å². The van der Waals surface area contributed by atoms with Gasteiger partial charge in [-0.1, -0.05) is 18.2 Å². The number of hydrogen-bond acceptors (Lipinski definition) is 2. The number of nitrogens with one attached hydrogen (secondary N) is 1. The van der Waals surface area contributed by atoms with Gasteiger partial charge in [0.15, 0.2) is 0 Å². The molecule has 0 fully saturated rings. The molecular formula is C13H9F3N2O. The first-order valence-electron chi connectivity index (χ1n) is 5.37. The van der Waals surface area contributed by atoms with Crippen LogP contribution in [-0.4, -0.2) is 10.9 Å². The predicted molar refractivity (Wildman–Crippen MR) is 63.6 cm³/mol. The third-order valence-electron chi connectivity index (χ3n) is 2.36. The monoisotopic (exact) mass is 266 g/mol. The number of alkyl halides is 3. The fourth-order valence-electron chi connectivity index (χ4n) is 1.53. The normalized spacial score (nSPS) is 11.1. The Morgan fingerprint density at radius 1 is 1.05 bits per heavy atom. The molecule has 6 heteroatoms. The second-order valence-electron chi connectivity index (χ2n) is 3.72. The van der Waals surface area contributed by atoms with Crippen LogP contribution in [0.25, 0.3) is 0 Å². The van der Waals surface area contributed by atoms with Crippen LogP contribution in [0.5, 0.6) is 0 Å². The lowest BCUT2D eigenvalue weighted by Gasteiger charge is -2.11. The SMILES string of the molecule is O=C(Nc1ccccc1)c1ncccc1C(F)(F)F. The predicted octanol–water partition coefficient (Wildman–Crippen LogP) is 3.35. The fraction of sp³-hybridized carbons (Fsp3) is 0.0769. The minimum atomic E-state index is -4.61. The summed E-state index contributed by atoms with van der Waals surface area (Å²) in [5.74, 6) is -0.890. The molecule has 2 aromatic rings. The molecule has 1 heterocycles. The van der Waals surface area contributed by atoms with E-state index in [1.165, 1.54) is 0 Å². The fourth-order valence-corrected chi connectivity index (χ4v) is 1.53. The number of rotatable bonds is 2. The Balaban J connectivity index is 2.30. The molecule has 1 amide bonds. The average Bonchev–Trinajstić information content (AvgIpc) is 2.39. The van der Waals surface area contributed by atoms with Crippen molar-refractivity contribution in [2.24, 2.45) is 0 Å². The Labute approximate surface area is 107 Å². The van der Waals surface area contributed by atoms with Crippen molar-refractivity contribution in [3.05, 3.63) is 59.9 Å². The molecular weight excluding hydrogens is 257 g/mol. The van der Waals surface area contributed by atoms with Crippen molar-refractivity contribution in [1.82, 2.24) is 4.98 Å². The summed E-state index contributed by atoms with van der Waals surface area (Å²) in [6.07, 6.45) is -3.47. The van der Waals surface area contributed by atoms with E-state index in [2.05, 4.69) is 10.3 Å². The number of para-hydroxylation sites is 1. The molecule has 0 aliphatic rings. The smallest absolute Gasteiger partial charge is 0.321 e. The number of carbonyl (C=O) groups excluding carboxylic acids is 1. The van der Waals surface area contributed by atoms with Crippen molar-refractivity contribution in [1.29, 1.82) is 0 Å². The standard InChI is InChI=1S/C13H9F3N2O/c14-13(15,16)10-7-4-8-17-11(10)12(19)18-9-5-2-1-3-6-9/h1-8H,(H,18,19). The summed E-state index contributed by atoms with van der Waals surface area (Å²) in [6.45, 7) is 0. The average molecular weight is 266 g/mol. The van der Waals surface area contributed by atoms with Crippen molar-refractivity contribution >= 4 is 11.6 Å². The number of hydrogen-bond donors (Lipinski definition) is 1. The number of amides is 1. The van der Waals surface area contributed by atoms with Gasteiger partial charge >= 0.3 is 6.18 Å². The highest BCUT2D eigenvalue weighted by Crippen LogP contribution is 2.31. The molecule has 0 aliphatic heterocycles. The molecule has 2 rings (SSSR count). The molecule has 3 nitrogen and oxygen atoms in total. The van der Waals surface area contributed by atoms with Crippen molar-refractivity contribution in [2.45, 2.75) is 6.18 Å². The van der Waals surface area contributed by atoms with Crippen LogP contribution in [0.4, 0.5) is 18.9 Å². The van der Waals surface area contributed by atoms with E-state index in [-0.39, 0.29) is 0 Å². The lowest BCUT2D eigenvalue weighted by Crippen LogP contribution is -2.20. The Kier molecular flexibility index (Phi) is 3.50. The third kappa shape index (κ3) is 3.09. The molecule has 0 unspecified atom stereocenters. The molecule has 0 bridgehead atoms. The summed E-state index contributed by atoms with van der Waals surface area (Å²) in [6, 6.07) is 10.2. The second-order valence-corrected chi connectivity index (χ2v) is 3.72. The van der Waals surface area contributed by atoms with Crippen LogP contribution in [0.15, 0.2) is 48.7 Å². The van der Waals surface area contributed by atoms with Crippen molar-refractivity contribution in [3.8, 4) is 0 Å². The molecule has 0 spiro atoms. The summed E-state index contributed by atoms with van der Waals surface area (Å²) >= 11 is 0. The zero-order valence-corrected chi connectivity index (χ0v) is 9.61. The highest BCUT2D eigenvalue weighted by atomic mass is 19.4. The number of benzene rings is 1. The molecule has 1 N–H and O–H groups in total. The Morgan fingerprint density at radius 2 is 1.74 bits per heavy atom. The summed E-state index contributed by atoms with van der Waals surface area (Å²) < 4.78 is 38.2. The molecule has 1 aromatic carbocycles. The van der Waals surface area contributed by atoms with Crippen molar-refractivity contribution < 1.29 is 18.0 Å². The van der Waals surface area contributed by atoms with Gasteiger partial charge < -0.3 is 5.32 Å². The van der Waals surface area contributed by atoms with Gasteiger partial charge in [-0.05, 0) is 24.3 Å². The van der Waals surface area contributed by atoms with Crippen LogP contribution in [0, 0.1) is 0 Å². The zero-order chi connectivity index (χ0) is 13.9. The number of nitrogens with zero attached hydrogens (tertiary/aromatic N) is 1. The second kappa shape index (κ2) is 5.09. The third-order valence-corrected chi connectivity index (χ3v) is 2.36. The van der Waals surface area contributed by atoms with Crippen molar-refractivity contribution in [2.75, 3.05) is 5.32 Å².